The summed E-state index contributed by atoms with van der Waals surface area (Å²) in [6.07, 6.45) is 2.25. The first-order chi connectivity index (χ1) is 7.34. The van der Waals surface area contributed by atoms with Crippen LogP contribution in [0.1, 0.15) is 40.0 Å². The van der Waals surface area contributed by atoms with Crippen LogP contribution < -0.4 is 0 Å². The van der Waals surface area contributed by atoms with Crippen LogP contribution in [0.4, 0.5) is 0 Å². The van der Waals surface area contributed by atoms with Gasteiger partial charge < -0.3 is 5.11 Å². The maximum absolute atomic E-state index is 10.9. The highest BCUT2D eigenvalue weighted by Crippen LogP contribution is 2.20. The minimum absolute atomic E-state index is 0.314. The van der Waals surface area contributed by atoms with Gasteiger partial charge in [0.05, 0.1) is 11.5 Å². The maximum atomic E-state index is 10.9. The topological polar surface area (TPSA) is 64.3 Å². The Kier molecular flexibility index (Phi) is 6.05. The number of carbonyl (C=O) groups is 1. The summed E-state index contributed by atoms with van der Waals surface area (Å²) in [6, 6.07) is 1.83. The Hall–Kier alpha value is -1.08. The van der Waals surface area contributed by atoms with Crippen LogP contribution >= 0.6 is 0 Å². The summed E-state index contributed by atoms with van der Waals surface area (Å²) in [7, 11) is 1.82. The quantitative estimate of drug-likeness (QED) is 0.722. The molecule has 0 aliphatic carbocycles. The molecule has 0 spiro atoms. The molecular weight excluding hydrogens is 204 g/mol. The average Bonchev–Trinajstić information content (AvgIpc) is 2.18. The van der Waals surface area contributed by atoms with Crippen LogP contribution in [0.15, 0.2) is 0 Å². The van der Waals surface area contributed by atoms with Crippen LogP contribution in [0.25, 0.3) is 0 Å². The summed E-state index contributed by atoms with van der Waals surface area (Å²) in [4.78, 5) is 12.7. The van der Waals surface area contributed by atoms with Gasteiger partial charge in [-0.15, -0.1) is 0 Å². The molecule has 0 aromatic heterocycles. The number of aliphatic carboxylic acids is 1. The average molecular weight is 226 g/mol. The summed E-state index contributed by atoms with van der Waals surface area (Å²) in [6.45, 7) is 6.40. The zero-order valence-corrected chi connectivity index (χ0v) is 10.7. The van der Waals surface area contributed by atoms with Crippen molar-refractivity contribution < 1.29 is 9.90 Å². The normalized spacial score (nSPS) is 13.5. The molecular formula is C12H22N2O2. The third-order valence-corrected chi connectivity index (χ3v) is 2.82. The predicted octanol–water partition coefficient (Wildman–Crippen LogP) is 2.11. The number of likely N-dealkylation sites (N-methyl/N-ethyl adjacent to an activating group) is 1. The van der Waals surface area contributed by atoms with Crippen LogP contribution in [-0.2, 0) is 4.79 Å². The number of nitriles is 1. The molecule has 0 aliphatic rings. The number of nitrogens with zero attached hydrogens (tertiary/aromatic N) is 2. The van der Waals surface area contributed by atoms with Gasteiger partial charge in [-0.25, -0.2) is 0 Å². The molecule has 0 heterocycles. The molecule has 0 aliphatic heterocycles. The first kappa shape index (κ1) is 14.9. The Morgan fingerprint density at radius 1 is 1.56 bits per heavy atom. The first-order valence-electron chi connectivity index (χ1n) is 5.68. The van der Waals surface area contributed by atoms with Gasteiger partial charge in [0, 0.05) is 0 Å². The molecule has 0 bridgehead atoms. The van der Waals surface area contributed by atoms with Crippen molar-refractivity contribution in [1.82, 2.24) is 4.90 Å². The molecule has 0 aromatic rings. The number of hydrogen-bond donors (Lipinski definition) is 1. The Morgan fingerprint density at radius 3 is 2.50 bits per heavy atom. The second-order valence-electron chi connectivity index (χ2n) is 4.84. The van der Waals surface area contributed by atoms with Crippen molar-refractivity contribution >= 4 is 5.97 Å². The molecule has 1 N–H and O–H groups in total. The summed E-state index contributed by atoms with van der Waals surface area (Å²) >= 11 is 0. The van der Waals surface area contributed by atoms with E-state index in [1.807, 2.05) is 32.7 Å². The molecule has 0 fully saturated rings. The highest BCUT2D eigenvalue weighted by Gasteiger charge is 2.21. The summed E-state index contributed by atoms with van der Waals surface area (Å²) < 4.78 is 0. The number of carboxylic acids is 1. The van der Waals surface area contributed by atoms with E-state index in [9.17, 15) is 4.79 Å². The van der Waals surface area contributed by atoms with Crippen LogP contribution in [0, 0.1) is 16.7 Å². The van der Waals surface area contributed by atoms with Crippen molar-refractivity contribution in [2.45, 2.75) is 46.1 Å². The minimum atomic E-state index is -0.774. The van der Waals surface area contributed by atoms with Crippen LogP contribution in [0.2, 0.25) is 0 Å². The van der Waals surface area contributed by atoms with E-state index in [1.165, 1.54) is 0 Å². The van der Waals surface area contributed by atoms with Crippen molar-refractivity contribution in [3.05, 3.63) is 0 Å². The van der Waals surface area contributed by atoms with Gasteiger partial charge in [0.25, 0.3) is 0 Å². The van der Waals surface area contributed by atoms with E-state index >= 15 is 0 Å². The second-order valence-corrected chi connectivity index (χ2v) is 4.84. The Labute approximate surface area is 97.9 Å². The van der Waals surface area contributed by atoms with E-state index < -0.39 is 12.0 Å². The van der Waals surface area contributed by atoms with Gasteiger partial charge >= 0.3 is 5.97 Å². The zero-order chi connectivity index (χ0) is 12.8. The van der Waals surface area contributed by atoms with Gasteiger partial charge in [0.15, 0.2) is 0 Å². The van der Waals surface area contributed by atoms with Gasteiger partial charge in [-0.3, -0.25) is 9.69 Å². The van der Waals surface area contributed by atoms with Crippen molar-refractivity contribution in [3.8, 4) is 6.07 Å². The summed E-state index contributed by atoms with van der Waals surface area (Å²) in [5.74, 6) is -0.774. The fourth-order valence-electron chi connectivity index (χ4n) is 1.66. The highest BCUT2D eigenvalue weighted by molar-refractivity contribution is 5.73. The SMILES string of the molecule is CCC(C(=O)O)N(C)CCCC(C)(C)C#N. The van der Waals surface area contributed by atoms with Gasteiger partial charge in [0.2, 0.25) is 0 Å². The molecule has 92 valence electrons. The lowest BCUT2D eigenvalue weighted by Gasteiger charge is -2.24. The Morgan fingerprint density at radius 2 is 2.12 bits per heavy atom. The highest BCUT2D eigenvalue weighted by atomic mass is 16.4. The Bertz CT molecular complexity index is 269. The molecule has 0 amide bonds. The number of rotatable bonds is 7. The first-order valence-corrected chi connectivity index (χ1v) is 5.68. The third-order valence-electron chi connectivity index (χ3n) is 2.82. The summed E-state index contributed by atoms with van der Waals surface area (Å²) in [5, 5.41) is 17.8. The standard InChI is InChI=1S/C12H22N2O2/c1-5-10(11(15)16)14(4)8-6-7-12(2,3)9-13/h10H,5-8H2,1-4H3,(H,15,16). The van der Waals surface area contributed by atoms with E-state index in [1.54, 1.807) is 0 Å². The second kappa shape index (κ2) is 6.49. The number of hydrogen-bond acceptors (Lipinski definition) is 3. The third kappa shape index (κ3) is 5.13. The smallest absolute Gasteiger partial charge is 0.320 e. The monoisotopic (exact) mass is 226 g/mol. The molecule has 1 unspecified atom stereocenters. The molecule has 0 saturated heterocycles. The lowest BCUT2D eigenvalue weighted by atomic mass is 9.90. The van der Waals surface area contributed by atoms with Crippen LogP contribution in [0.5, 0.6) is 0 Å². The molecule has 1 atom stereocenters. The molecule has 0 aromatic carbocycles. The summed E-state index contributed by atoms with van der Waals surface area (Å²) in [5.41, 5.74) is -0.314. The van der Waals surface area contributed by atoms with E-state index in [-0.39, 0.29) is 5.41 Å². The fourth-order valence-corrected chi connectivity index (χ4v) is 1.66. The van der Waals surface area contributed by atoms with Crippen LogP contribution in [0.3, 0.4) is 0 Å². The van der Waals surface area contributed by atoms with Crippen molar-refractivity contribution in [2.24, 2.45) is 5.41 Å². The minimum Gasteiger partial charge on any atom is -0.480 e. The van der Waals surface area contributed by atoms with Crippen LogP contribution in [-0.4, -0.2) is 35.6 Å². The van der Waals surface area contributed by atoms with Gasteiger partial charge in [-0.2, -0.15) is 5.26 Å². The molecule has 16 heavy (non-hydrogen) atoms. The molecule has 4 heteroatoms. The fraction of sp³-hybridized carbons (Fsp3) is 0.833. The van der Waals surface area contributed by atoms with Gasteiger partial charge in [-0.1, -0.05) is 6.92 Å². The van der Waals surface area contributed by atoms with Gasteiger partial charge in [-0.05, 0) is 46.7 Å². The number of carboxylic acid groups (broad SMARTS) is 1. The van der Waals surface area contributed by atoms with Crippen molar-refractivity contribution in [2.75, 3.05) is 13.6 Å². The lowest BCUT2D eigenvalue weighted by molar-refractivity contribution is -0.142. The van der Waals surface area contributed by atoms with E-state index in [2.05, 4.69) is 6.07 Å². The van der Waals surface area contributed by atoms with E-state index in [4.69, 9.17) is 10.4 Å². The lowest BCUT2D eigenvalue weighted by Crippen LogP contribution is -2.38. The molecule has 4 nitrogen and oxygen atoms in total. The largest absolute Gasteiger partial charge is 0.480 e. The predicted molar refractivity (Wildman–Crippen MR) is 63.0 cm³/mol. The van der Waals surface area contributed by atoms with Crippen molar-refractivity contribution in [1.29, 1.82) is 5.26 Å². The Balaban J connectivity index is 4.03. The zero-order valence-electron chi connectivity index (χ0n) is 10.7. The van der Waals surface area contributed by atoms with Crippen molar-refractivity contribution in [3.63, 3.8) is 0 Å². The van der Waals surface area contributed by atoms with Gasteiger partial charge in [0.1, 0.15) is 6.04 Å². The van der Waals surface area contributed by atoms with E-state index in [0.717, 1.165) is 19.4 Å². The molecule has 0 radical (unpaired) electrons. The molecule has 0 saturated carbocycles. The van der Waals surface area contributed by atoms with E-state index in [0.29, 0.717) is 6.42 Å². The maximum Gasteiger partial charge on any atom is 0.320 e. The molecule has 0 rings (SSSR count).